The summed E-state index contributed by atoms with van der Waals surface area (Å²) < 4.78 is 0. The summed E-state index contributed by atoms with van der Waals surface area (Å²) in [7, 11) is 0. The van der Waals surface area contributed by atoms with Crippen molar-refractivity contribution in [2.24, 2.45) is 0 Å². The number of rotatable bonds is 3. The van der Waals surface area contributed by atoms with E-state index >= 15 is 0 Å². The molecule has 0 saturated carbocycles. The van der Waals surface area contributed by atoms with Gasteiger partial charge in [-0.3, -0.25) is 19.5 Å². The molecule has 1 saturated heterocycles. The number of pyridine rings is 1. The van der Waals surface area contributed by atoms with Gasteiger partial charge in [-0.05, 0) is 24.6 Å². The molecular weight excluding hydrogens is 364 g/mol. The van der Waals surface area contributed by atoms with Gasteiger partial charge in [-0.1, -0.05) is 41.7 Å². The van der Waals surface area contributed by atoms with Crippen molar-refractivity contribution >= 4 is 33.9 Å². The van der Waals surface area contributed by atoms with Crippen molar-refractivity contribution < 1.29 is 14.7 Å². The third kappa shape index (κ3) is 2.89. The Morgan fingerprint density at radius 3 is 2.41 bits per heavy atom. The fourth-order valence-corrected chi connectivity index (χ4v) is 3.74. The third-order valence-electron chi connectivity index (χ3n) is 4.23. The smallest absolute Gasteiger partial charge is 0.301 e. The number of aryl methyl sites for hydroxylation is 1. The number of amides is 1. The minimum absolute atomic E-state index is 0.0188. The zero-order valence-electron chi connectivity index (χ0n) is 14.2. The lowest BCUT2D eigenvalue weighted by molar-refractivity contribution is -0.132. The number of benzene rings is 1. The first-order chi connectivity index (χ1) is 13.1. The van der Waals surface area contributed by atoms with E-state index in [-0.39, 0.29) is 11.3 Å². The van der Waals surface area contributed by atoms with Gasteiger partial charge in [-0.2, -0.15) is 0 Å². The van der Waals surface area contributed by atoms with Crippen molar-refractivity contribution in [1.82, 2.24) is 15.2 Å². The van der Waals surface area contributed by atoms with Gasteiger partial charge in [-0.25, -0.2) is 0 Å². The van der Waals surface area contributed by atoms with Gasteiger partial charge in [0.25, 0.3) is 5.78 Å². The van der Waals surface area contributed by atoms with Crippen LogP contribution in [0.3, 0.4) is 0 Å². The molecule has 7 nitrogen and oxygen atoms in total. The van der Waals surface area contributed by atoms with Crippen LogP contribution in [-0.2, 0) is 9.59 Å². The van der Waals surface area contributed by atoms with Crippen molar-refractivity contribution in [2.45, 2.75) is 13.0 Å². The molecule has 1 unspecified atom stereocenters. The standard InChI is InChI=1S/C19H14N4O3S/c1-11-21-22-19(27-11)23-15(12-5-3-2-4-6-12)14(17(25)18(23)26)16(24)13-7-9-20-10-8-13/h2-10,15,24H,1H3/b16-14+. The topological polar surface area (TPSA) is 96.3 Å². The van der Waals surface area contributed by atoms with Crippen LogP contribution in [0.2, 0.25) is 0 Å². The number of aliphatic hydroxyl groups excluding tert-OH is 1. The van der Waals surface area contributed by atoms with Crippen molar-refractivity contribution in [3.63, 3.8) is 0 Å². The van der Waals surface area contributed by atoms with Gasteiger partial charge < -0.3 is 5.11 Å². The highest BCUT2D eigenvalue weighted by atomic mass is 32.1. The Bertz CT molecular complexity index is 1050. The predicted octanol–water partition coefficient (Wildman–Crippen LogP) is 2.87. The number of nitrogens with zero attached hydrogens (tertiary/aromatic N) is 4. The van der Waals surface area contributed by atoms with E-state index in [2.05, 4.69) is 15.2 Å². The highest BCUT2D eigenvalue weighted by Gasteiger charge is 2.48. The summed E-state index contributed by atoms with van der Waals surface area (Å²) >= 11 is 1.22. The summed E-state index contributed by atoms with van der Waals surface area (Å²) in [4.78, 5) is 30.8. The summed E-state index contributed by atoms with van der Waals surface area (Å²) in [6.45, 7) is 1.77. The molecule has 0 radical (unpaired) electrons. The summed E-state index contributed by atoms with van der Waals surface area (Å²) in [6, 6.07) is 11.5. The van der Waals surface area contributed by atoms with Gasteiger partial charge >= 0.3 is 5.91 Å². The Hall–Kier alpha value is -3.39. The molecule has 0 bridgehead atoms. The number of anilines is 1. The Kier molecular flexibility index (Phi) is 4.25. The molecule has 0 aliphatic carbocycles. The van der Waals surface area contributed by atoms with Gasteiger partial charge in [0.2, 0.25) is 5.13 Å². The van der Waals surface area contributed by atoms with Crippen LogP contribution >= 0.6 is 11.3 Å². The van der Waals surface area contributed by atoms with Crippen LogP contribution in [0.1, 0.15) is 22.2 Å². The zero-order valence-corrected chi connectivity index (χ0v) is 15.1. The number of ketones is 1. The summed E-state index contributed by atoms with van der Waals surface area (Å²) in [5.74, 6) is -1.74. The third-order valence-corrected chi connectivity index (χ3v) is 5.07. The number of hydrogen-bond acceptors (Lipinski definition) is 7. The number of Topliss-reactive ketones (excluding diaryl/α,β-unsaturated/α-hetero) is 1. The Labute approximate surface area is 158 Å². The van der Waals surface area contributed by atoms with E-state index in [1.165, 1.54) is 28.6 Å². The molecule has 3 heterocycles. The SMILES string of the molecule is Cc1nnc(N2C(=O)C(=O)/C(=C(/O)c3ccncc3)C2c2ccccc2)s1. The summed E-state index contributed by atoms with van der Waals surface area (Å²) in [5.41, 5.74) is 1.13. The molecule has 1 fully saturated rings. The molecule has 1 aliphatic heterocycles. The number of aromatic nitrogens is 3. The number of aliphatic hydroxyl groups is 1. The summed E-state index contributed by atoms with van der Waals surface area (Å²) in [5, 5.41) is 19.8. The molecule has 2 aromatic heterocycles. The van der Waals surface area contributed by atoms with Gasteiger partial charge in [0.15, 0.2) is 0 Å². The van der Waals surface area contributed by atoms with Crippen LogP contribution in [0.5, 0.6) is 0 Å². The van der Waals surface area contributed by atoms with Crippen LogP contribution in [0.15, 0.2) is 60.4 Å². The van der Waals surface area contributed by atoms with Gasteiger partial charge in [0.1, 0.15) is 10.8 Å². The largest absolute Gasteiger partial charge is 0.507 e. The molecule has 1 N–H and O–H groups in total. The molecule has 1 aromatic carbocycles. The van der Waals surface area contributed by atoms with Gasteiger partial charge in [0, 0.05) is 18.0 Å². The number of carbonyl (C=O) groups excluding carboxylic acids is 2. The molecule has 134 valence electrons. The fraction of sp³-hybridized carbons (Fsp3) is 0.105. The molecule has 3 aromatic rings. The van der Waals surface area contributed by atoms with Crippen molar-refractivity contribution in [2.75, 3.05) is 4.90 Å². The molecular formula is C19H14N4O3S. The minimum atomic E-state index is -0.785. The highest BCUT2D eigenvalue weighted by Crippen LogP contribution is 2.42. The van der Waals surface area contributed by atoms with Crippen LogP contribution in [0.4, 0.5) is 5.13 Å². The first-order valence-corrected chi connectivity index (χ1v) is 8.96. The molecule has 1 amide bonds. The normalized spacial score (nSPS) is 18.9. The van der Waals surface area contributed by atoms with Gasteiger partial charge in [0.05, 0.1) is 11.6 Å². The molecule has 4 rings (SSSR count). The lowest BCUT2D eigenvalue weighted by Gasteiger charge is -2.22. The van der Waals surface area contributed by atoms with E-state index in [1.54, 1.807) is 31.2 Å². The van der Waals surface area contributed by atoms with Gasteiger partial charge in [-0.15, -0.1) is 10.2 Å². The van der Waals surface area contributed by atoms with Crippen LogP contribution in [0, 0.1) is 6.92 Å². The first kappa shape index (κ1) is 17.0. The van der Waals surface area contributed by atoms with Crippen molar-refractivity contribution in [1.29, 1.82) is 0 Å². The van der Waals surface area contributed by atoms with Crippen LogP contribution in [-0.4, -0.2) is 32.0 Å². The first-order valence-electron chi connectivity index (χ1n) is 8.14. The maximum Gasteiger partial charge on any atom is 0.301 e. The Balaban J connectivity index is 1.94. The minimum Gasteiger partial charge on any atom is -0.507 e. The number of carbonyl (C=O) groups is 2. The lowest BCUT2D eigenvalue weighted by Crippen LogP contribution is -2.29. The zero-order chi connectivity index (χ0) is 19.0. The maximum atomic E-state index is 12.8. The van der Waals surface area contributed by atoms with E-state index in [9.17, 15) is 14.7 Å². The Morgan fingerprint density at radius 2 is 1.78 bits per heavy atom. The quantitative estimate of drug-likeness (QED) is 0.428. The molecule has 1 aliphatic rings. The average molecular weight is 378 g/mol. The monoisotopic (exact) mass is 378 g/mol. The van der Waals surface area contributed by atoms with Crippen LogP contribution < -0.4 is 4.90 Å². The van der Waals surface area contributed by atoms with E-state index in [1.807, 2.05) is 18.2 Å². The average Bonchev–Trinajstić information content (AvgIpc) is 3.24. The Morgan fingerprint density at radius 1 is 1.07 bits per heavy atom. The molecule has 8 heteroatoms. The van der Waals surface area contributed by atoms with E-state index in [0.29, 0.717) is 21.3 Å². The van der Waals surface area contributed by atoms with E-state index < -0.39 is 17.7 Å². The van der Waals surface area contributed by atoms with Crippen molar-refractivity contribution in [3.8, 4) is 0 Å². The number of hydrogen-bond donors (Lipinski definition) is 1. The second-order valence-electron chi connectivity index (χ2n) is 5.92. The summed E-state index contributed by atoms with van der Waals surface area (Å²) in [6.07, 6.45) is 3.02. The fourth-order valence-electron chi connectivity index (χ4n) is 3.03. The molecule has 1 atom stereocenters. The van der Waals surface area contributed by atoms with Crippen molar-refractivity contribution in [3.05, 3.63) is 76.6 Å². The second-order valence-corrected chi connectivity index (χ2v) is 7.08. The van der Waals surface area contributed by atoms with E-state index in [4.69, 9.17) is 0 Å². The predicted molar refractivity (Wildman–Crippen MR) is 100 cm³/mol. The maximum absolute atomic E-state index is 12.8. The van der Waals surface area contributed by atoms with Crippen LogP contribution in [0.25, 0.3) is 5.76 Å². The lowest BCUT2D eigenvalue weighted by atomic mass is 9.96. The molecule has 27 heavy (non-hydrogen) atoms. The second kappa shape index (κ2) is 6.73. The van der Waals surface area contributed by atoms with E-state index in [0.717, 1.165) is 0 Å². The highest BCUT2D eigenvalue weighted by molar-refractivity contribution is 7.15. The molecule has 0 spiro atoms.